The predicted molar refractivity (Wildman–Crippen MR) is 132 cm³/mol. The third kappa shape index (κ3) is 3.57. The van der Waals surface area contributed by atoms with Gasteiger partial charge < -0.3 is 13.9 Å². The summed E-state index contributed by atoms with van der Waals surface area (Å²) in [6.07, 6.45) is 1.18. The van der Waals surface area contributed by atoms with Crippen LogP contribution in [0.4, 0.5) is 0 Å². The molecule has 4 aromatic rings. The number of benzene rings is 3. The zero-order valence-corrected chi connectivity index (χ0v) is 19.8. The van der Waals surface area contributed by atoms with E-state index in [-0.39, 0.29) is 11.7 Å². The number of aryl methyl sites for hydroxylation is 1. The number of fused-ring (bicyclic) bond motifs is 6. The molecule has 2 unspecified atom stereocenters. The lowest BCUT2D eigenvalue weighted by molar-refractivity contribution is 0.0599. The van der Waals surface area contributed by atoms with Gasteiger partial charge >= 0.3 is 5.76 Å². The lowest BCUT2D eigenvalue weighted by Crippen LogP contribution is -2.36. The van der Waals surface area contributed by atoms with Crippen LogP contribution in [0, 0.1) is 6.92 Å². The summed E-state index contributed by atoms with van der Waals surface area (Å²) in [7, 11) is 0. The van der Waals surface area contributed by atoms with Crippen molar-refractivity contribution in [3.8, 4) is 22.8 Å². The van der Waals surface area contributed by atoms with Crippen molar-refractivity contribution in [3.63, 3.8) is 0 Å². The minimum absolute atomic E-state index is 0.194. The van der Waals surface area contributed by atoms with Gasteiger partial charge in [0.1, 0.15) is 17.6 Å². The van der Waals surface area contributed by atoms with Crippen molar-refractivity contribution < 1.29 is 13.9 Å². The quantitative estimate of drug-likeness (QED) is 0.333. The molecule has 0 spiro atoms. The van der Waals surface area contributed by atoms with E-state index in [1.165, 1.54) is 0 Å². The number of hydrogen-bond acceptors (Lipinski definition) is 5. The second-order valence-electron chi connectivity index (χ2n) is 8.40. The Balaban J connectivity index is 1.53. The van der Waals surface area contributed by atoms with Gasteiger partial charge in [-0.15, -0.1) is 0 Å². The summed E-state index contributed by atoms with van der Waals surface area (Å²) >= 11 is 12.3. The van der Waals surface area contributed by atoms with Crippen molar-refractivity contribution in [2.24, 2.45) is 0 Å². The molecule has 0 saturated carbocycles. The molecule has 3 aromatic carbocycles. The van der Waals surface area contributed by atoms with E-state index in [0.717, 1.165) is 15.7 Å². The summed E-state index contributed by atoms with van der Waals surface area (Å²) in [5, 5.41) is 0.803. The van der Waals surface area contributed by atoms with Gasteiger partial charge in [-0.25, -0.2) is 9.36 Å². The minimum Gasteiger partial charge on any atom is -0.456 e. The second kappa shape index (κ2) is 8.18. The summed E-state index contributed by atoms with van der Waals surface area (Å²) in [6, 6.07) is 19.4. The monoisotopic (exact) mass is 505 g/mol. The van der Waals surface area contributed by atoms with Crippen LogP contribution in [0.25, 0.3) is 17.0 Å². The van der Waals surface area contributed by atoms with Gasteiger partial charge in [-0.1, -0.05) is 59.6 Å². The molecule has 0 saturated heterocycles. The smallest absolute Gasteiger partial charge is 0.426 e. The fraction of sp³-hybridized carbons (Fsp3) is 0.111. The highest BCUT2D eigenvalue weighted by Crippen LogP contribution is 2.51. The molecule has 174 valence electrons. The molecule has 6 nitrogen and oxygen atoms in total. The molecule has 0 bridgehead atoms. The standard InChI is InChI=1S/C27H17Cl2NO5/c1-14-5-4-6-16(11-14)30-26(31)23-19-13-22(33-21-10-9-15(28)12-20(21)29)34-24(19)17-7-2-3-8-18(17)25(23)35-27(30)32/h2-13,19,24H,1H3. The summed E-state index contributed by atoms with van der Waals surface area (Å²) in [5.41, 5.74) is 2.64. The summed E-state index contributed by atoms with van der Waals surface area (Å²) in [5.74, 6) is -0.481. The third-order valence-electron chi connectivity index (χ3n) is 6.14. The van der Waals surface area contributed by atoms with Crippen LogP contribution in [-0.4, -0.2) is 4.57 Å². The highest BCUT2D eigenvalue weighted by Gasteiger charge is 2.43. The van der Waals surface area contributed by atoms with E-state index >= 15 is 0 Å². The van der Waals surface area contributed by atoms with Crippen LogP contribution in [-0.2, 0) is 4.74 Å². The molecule has 1 aliphatic heterocycles. The van der Waals surface area contributed by atoms with Crippen LogP contribution in [0.15, 0.2) is 92.8 Å². The maximum atomic E-state index is 13.8. The molecule has 35 heavy (non-hydrogen) atoms. The molecule has 2 aliphatic rings. The van der Waals surface area contributed by atoms with Gasteiger partial charge in [-0.05, 0) is 42.8 Å². The maximum absolute atomic E-state index is 13.8. The number of halogens is 2. The summed E-state index contributed by atoms with van der Waals surface area (Å²) < 4.78 is 18.9. The van der Waals surface area contributed by atoms with Gasteiger partial charge in [0.15, 0.2) is 0 Å². The fourth-order valence-electron chi connectivity index (χ4n) is 4.61. The van der Waals surface area contributed by atoms with E-state index in [4.69, 9.17) is 37.1 Å². The van der Waals surface area contributed by atoms with E-state index in [1.54, 1.807) is 42.5 Å². The van der Waals surface area contributed by atoms with Crippen molar-refractivity contribution >= 4 is 23.2 Å². The molecule has 0 radical (unpaired) electrons. The van der Waals surface area contributed by atoms with Crippen LogP contribution in [0.1, 0.15) is 28.7 Å². The number of nitrogens with zero attached hydrogens (tertiary/aromatic N) is 1. The lowest BCUT2D eigenvalue weighted by atomic mass is 9.81. The minimum atomic E-state index is -0.750. The van der Waals surface area contributed by atoms with E-state index in [0.29, 0.717) is 32.6 Å². The molecule has 6 rings (SSSR count). The predicted octanol–water partition coefficient (Wildman–Crippen LogP) is 6.16. The number of aromatic nitrogens is 1. The SMILES string of the molecule is Cc1cccc(-n2c(=O)oc3c(c2=O)C2C=C(Oc4ccc(Cl)cc4Cl)OC2c2ccccc2-3)c1. The molecule has 1 aromatic heterocycles. The van der Waals surface area contributed by atoms with Gasteiger partial charge in [0.2, 0.25) is 0 Å². The van der Waals surface area contributed by atoms with Crippen molar-refractivity contribution in [2.45, 2.75) is 18.9 Å². The summed E-state index contributed by atoms with van der Waals surface area (Å²) in [6.45, 7) is 1.89. The Hall–Kier alpha value is -3.74. The van der Waals surface area contributed by atoms with Crippen LogP contribution in [0.5, 0.6) is 5.75 Å². The normalized spacial score (nSPS) is 17.6. The number of rotatable bonds is 3. The molecule has 2 heterocycles. The zero-order valence-electron chi connectivity index (χ0n) is 18.3. The van der Waals surface area contributed by atoms with E-state index in [9.17, 15) is 9.59 Å². The van der Waals surface area contributed by atoms with Gasteiger partial charge in [0.25, 0.3) is 11.5 Å². The van der Waals surface area contributed by atoms with Crippen molar-refractivity contribution in [2.75, 3.05) is 0 Å². The molecule has 0 amide bonds. The first-order valence-electron chi connectivity index (χ1n) is 10.9. The van der Waals surface area contributed by atoms with Gasteiger partial charge in [0.05, 0.1) is 22.2 Å². The molecule has 8 heteroatoms. The van der Waals surface area contributed by atoms with Crippen LogP contribution in [0.3, 0.4) is 0 Å². The first kappa shape index (κ1) is 21.8. The fourth-order valence-corrected chi connectivity index (χ4v) is 5.06. The van der Waals surface area contributed by atoms with E-state index in [2.05, 4.69) is 0 Å². The Morgan fingerprint density at radius 1 is 0.971 bits per heavy atom. The zero-order chi connectivity index (χ0) is 24.3. The van der Waals surface area contributed by atoms with Crippen molar-refractivity contribution in [1.29, 1.82) is 0 Å². The first-order valence-corrected chi connectivity index (χ1v) is 11.6. The lowest BCUT2D eigenvalue weighted by Gasteiger charge is -2.27. The van der Waals surface area contributed by atoms with Gasteiger partial charge in [-0.3, -0.25) is 4.79 Å². The topological polar surface area (TPSA) is 70.7 Å². The summed E-state index contributed by atoms with van der Waals surface area (Å²) in [4.78, 5) is 26.8. The van der Waals surface area contributed by atoms with Crippen LogP contribution < -0.4 is 16.1 Å². The van der Waals surface area contributed by atoms with Gasteiger partial charge in [-0.2, -0.15) is 0 Å². The van der Waals surface area contributed by atoms with Crippen LogP contribution in [0.2, 0.25) is 10.0 Å². The second-order valence-corrected chi connectivity index (χ2v) is 9.25. The van der Waals surface area contributed by atoms with Crippen LogP contribution >= 0.6 is 23.2 Å². The molecule has 1 aliphatic carbocycles. The molecule has 0 fully saturated rings. The van der Waals surface area contributed by atoms with Crippen molar-refractivity contribution in [1.82, 2.24) is 4.57 Å². The maximum Gasteiger partial charge on any atom is 0.426 e. The molecule has 2 atom stereocenters. The Bertz CT molecular complexity index is 1650. The Morgan fingerprint density at radius 2 is 1.80 bits per heavy atom. The van der Waals surface area contributed by atoms with Crippen molar-refractivity contribution in [3.05, 3.63) is 126 Å². The van der Waals surface area contributed by atoms with E-state index < -0.39 is 23.3 Å². The molecular formula is C27H17Cl2NO5. The molecular weight excluding hydrogens is 489 g/mol. The van der Waals surface area contributed by atoms with Gasteiger partial charge in [0, 0.05) is 22.2 Å². The average Bonchev–Trinajstić information content (AvgIpc) is 3.24. The number of hydrogen-bond donors (Lipinski definition) is 0. The Morgan fingerprint density at radius 3 is 2.60 bits per heavy atom. The Labute approximate surface area is 209 Å². The highest BCUT2D eigenvalue weighted by atomic mass is 35.5. The third-order valence-corrected chi connectivity index (χ3v) is 6.68. The van der Waals surface area contributed by atoms with E-state index in [1.807, 2.05) is 37.3 Å². The largest absolute Gasteiger partial charge is 0.456 e. The average molecular weight is 506 g/mol. The number of ether oxygens (including phenoxy) is 2. The first-order chi connectivity index (χ1) is 16.9. The highest BCUT2D eigenvalue weighted by molar-refractivity contribution is 6.35. The Kier molecular flexibility index (Phi) is 5.09. The molecule has 0 N–H and O–H groups in total.